The molecule has 5 heteroatoms. The van der Waals surface area contributed by atoms with Gasteiger partial charge in [-0.3, -0.25) is 9.69 Å². The molecule has 1 atom stereocenters. The minimum Gasteiger partial charge on any atom is -0.494 e. The van der Waals surface area contributed by atoms with Crippen molar-refractivity contribution in [2.45, 2.75) is 31.4 Å². The Bertz CT molecular complexity index is 569. The molecule has 1 heterocycles. The summed E-state index contributed by atoms with van der Waals surface area (Å²) < 4.78 is 5.34. The molecule has 1 saturated heterocycles. The van der Waals surface area contributed by atoms with Crippen molar-refractivity contribution in [3.8, 4) is 5.75 Å². The van der Waals surface area contributed by atoms with Gasteiger partial charge in [0.25, 0.3) is 0 Å². The maximum absolute atomic E-state index is 12.5. The number of para-hydroxylation sites is 2. The highest BCUT2D eigenvalue weighted by Crippen LogP contribution is 2.35. The summed E-state index contributed by atoms with van der Waals surface area (Å²) in [6, 6.07) is 7.66. The van der Waals surface area contributed by atoms with Crippen LogP contribution in [0, 0.1) is 5.92 Å². The standard InChI is InChI=1S/C16H20N2O2S/c1-11-10-18(15(19)12-6-5-7-12)16(21-11)17-13-8-3-4-9-14(13)20-2/h3-4,8-9,11-12H,5-7,10H2,1-2H3/t11-/m1/s1. The molecule has 21 heavy (non-hydrogen) atoms. The lowest BCUT2D eigenvalue weighted by atomic mass is 9.84. The zero-order valence-corrected chi connectivity index (χ0v) is 13.2. The van der Waals surface area contributed by atoms with Crippen molar-refractivity contribution in [1.82, 2.24) is 4.90 Å². The fourth-order valence-corrected chi connectivity index (χ4v) is 3.61. The van der Waals surface area contributed by atoms with E-state index < -0.39 is 0 Å². The first-order valence-corrected chi connectivity index (χ1v) is 8.26. The van der Waals surface area contributed by atoms with E-state index in [0.717, 1.165) is 36.0 Å². The van der Waals surface area contributed by atoms with Crippen LogP contribution >= 0.6 is 11.8 Å². The third-order valence-electron chi connectivity index (χ3n) is 4.00. The summed E-state index contributed by atoms with van der Waals surface area (Å²) in [6.07, 6.45) is 3.22. The van der Waals surface area contributed by atoms with Crippen LogP contribution < -0.4 is 4.74 Å². The van der Waals surface area contributed by atoms with Crippen LogP contribution in [0.2, 0.25) is 0 Å². The van der Waals surface area contributed by atoms with E-state index in [4.69, 9.17) is 4.74 Å². The monoisotopic (exact) mass is 304 g/mol. The van der Waals surface area contributed by atoms with Crippen LogP contribution in [0.5, 0.6) is 5.75 Å². The molecule has 0 aromatic heterocycles. The van der Waals surface area contributed by atoms with Crippen LogP contribution in [0.25, 0.3) is 0 Å². The van der Waals surface area contributed by atoms with Crippen molar-refractivity contribution in [3.63, 3.8) is 0 Å². The van der Waals surface area contributed by atoms with E-state index >= 15 is 0 Å². The van der Waals surface area contributed by atoms with Crippen LogP contribution in [0.15, 0.2) is 29.3 Å². The summed E-state index contributed by atoms with van der Waals surface area (Å²) in [5.74, 6) is 1.19. The number of carbonyl (C=O) groups is 1. The Labute approximate surface area is 129 Å². The third-order valence-corrected chi connectivity index (χ3v) is 5.07. The molecule has 1 aliphatic heterocycles. The summed E-state index contributed by atoms with van der Waals surface area (Å²) in [6.45, 7) is 2.89. The molecule has 0 N–H and O–H groups in total. The van der Waals surface area contributed by atoms with Crippen LogP contribution in [0.1, 0.15) is 26.2 Å². The highest BCUT2D eigenvalue weighted by molar-refractivity contribution is 8.14. The summed E-state index contributed by atoms with van der Waals surface area (Å²) in [5.41, 5.74) is 0.781. The molecule has 1 aromatic rings. The van der Waals surface area contributed by atoms with E-state index in [1.54, 1.807) is 18.9 Å². The topological polar surface area (TPSA) is 41.9 Å². The summed E-state index contributed by atoms with van der Waals surface area (Å²) in [5, 5.41) is 1.20. The van der Waals surface area contributed by atoms with Gasteiger partial charge in [-0.25, -0.2) is 4.99 Å². The average Bonchev–Trinajstić information content (AvgIpc) is 2.78. The zero-order chi connectivity index (χ0) is 14.8. The number of benzene rings is 1. The van der Waals surface area contributed by atoms with E-state index in [1.165, 1.54) is 6.42 Å². The second-order valence-corrected chi connectivity index (χ2v) is 6.98. The molecule has 1 amide bonds. The van der Waals surface area contributed by atoms with Gasteiger partial charge >= 0.3 is 0 Å². The van der Waals surface area contributed by atoms with Crippen LogP contribution in [0.3, 0.4) is 0 Å². The molecule has 0 spiro atoms. The molecule has 1 saturated carbocycles. The number of methoxy groups -OCH3 is 1. The SMILES string of the molecule is COc1ccccc1N=C1S[C@H](C)CN1C(=O)C1CCC1. The normalized spacial score (nSPS) is 24.2. The molecule has 1 aromatic carbocycles. The third kappa shape index (κ3) is 2.93. The number of hydrogen-bond donors (Lipinski definition) is 0. The van der Waals surface area contributed by atoms with E-state index in [-0.39, 0.29) is 11.8 Å². The van der Waals surface area contributed by atoms with Gasteiger partial charge < -0.3 is 4.74 Å². The lowest BCUT2D eigenvalue weighted by Crippen LogP contribution is -2.39. The van der Waals surface area contributed by atoms with Crippen LogP contribution in [-0.4, -0.2) is 34.9 Å². The van der Waals surface area contributed by atoms with Gasteiger partial charge in [-0.1, -0.05) is 37.2 Å². The molecule has 0 radical (unpaired) electrons. The Kier molecular flexibility index (Phi) is 4.19. The second-order valence-electron chi connectivity index (χ2n) is 5.57. The fourth-order valence-electron chi connectivity index (χ4n) is 2.59. The number of nitrogens with zero attached hydrogens (tertiary/aromatic N) is 2. The van der Waals surface area contributed by atoms with Crippen molar-refractivity contribution in [3.05, 3.63) is 24.3 Å². The molecule has 1 aliphatic carbocycles. The maximum atomic E-state index is 12.5. The van der Waals surface area contributed by atoms with Crippen molar-refractivity contribution >= 4 is 28.5 Å². The second kappa shape index (κ2) is 6.10. The number of hydrogen-bond acceptors (Lipinski definition) is 4. The smallest absolute Gasteiger partial charge is 0.231 e. The number of amidine groups is 1. The van der Waals surface area contributed by atoms with Gasteiger partial charge in [0.1, 0.15) is 11.4 Å². The largest absolute Gasteiger partial charge is 0.494 e. The number of carbonyl (C=O) groups excluding carboxylic acids is 1. The Morgan fingerprint density at radius 1 is 1.38 bits per heavy atom. The first-order chi connectivity index (χ1) is 10.2. The van der Waals surface area contributed by atoms with Crippen molar-refractivity contribution < 1.29 is 9.53 Å². The van der Waals surface area contributed by atoms with Gasteiger partial charge in [-0.05, 0) is 25.0 Å². The molecule has 3 rings (SSSR count). The number of ether oxygens (including phenoxy) is 1. The van der Waals surface area contributed by atoms with Crippen LogP contribution in [0.4, 0.5) is 5.69 Å². The quantitative estimate of drug-likeness (QED) is 0.859. The minimum atomic E-state index is 0.207. The number of rotatable bonds is 3. The Morgan fingerprint density at radius 3 is 2.81 bits per heavy atom. The van der Waals surface area contributed by atoms with Gasteiger partial charge in [0, 0.05) is 17.7 Å². The Balaban J connectivity index is 1.87. The van der Waals surface area contributed by atoms with E-state index in [1.807, 2.05) is 29.2 Å². The lowest BCUT2D eigenvalue weighted by molar-refractivity contribution is -0.133. The van der Waals surface area contributed by atoms with Crippen molar-refractivity contribution in [2.24, 2.45) is 10.9 Å². The molecule has 112 valence electrons. The number of thioether (sulfide) groups is 1. The molecular weight excluding hydrogens is 284 g/mol. The van der Waals surface area contributed by atoms with E-state index in [9.17, 15) is 4.79 Å². The number of aliphatic imine (C=N–C) groups is 1. The summed E-state index contributed by atoms with van der Waals surface area (Å²) in [4.78, 5) is 19.1. The first kappa shape index (κ1) is 14.4. The van der Waals surface area contributed by atoms with E-state index in [2.05, 4.69) is 11.9 Å². The predicted molar refractivity (Wildman–Crippen MR) is 86.2 cm³/mol. The Morgan fingerprint density at radius 2 is 2.14 bits per heavy atom. The molecule has 0 bridgehead atoms. The summed E-state index contributed by atoms with van der Waals surface area (Å²) in [7, 11) is 1.64. The number of amides is 1. The van der Waals surface area contributed by atoms with Crippen LogP contribution in [-0.2, 0) is 4.79 Å². The van der Waals surface area contributed by atoms with Gasteiger partial charge in [-0.2, -0.15) is 0 Å². The maximum Gasteiger partial charge on any atom is 0.231 e. The fraction of sp³-hybridized carbons (Fsp3) is 0.500. The highest BCUT2D eigenvalue weighted by atomic mass is 32.2. The summed E-state index contributed by atoms with van der Waals surface area (Å²) >= 11 is 1.67. The molecular formula is C16H20N2O2S. The minimum absolute atomic E-state index is 0.207. The van der Waals surface area contributed by atoms with Crippen molar-refractivity contribution in [1.29, 1.82) is 0 Å². The molecule has 4 nitrogen and oxygen atoms in total. The Hall–Kier alpha value is -1.49. The highest BCUT2D eigenvalue weighted by Gasteiger charge is 2.36. The van der Waals surface area contributed by atoms with Gasteiger partial charge in [-0.15, -0.1) is 0 Å². The first-order valence-electron chi connectivity index (χ1n) is 7.39. The molecule has 2 aliphatic rings. The van der Waals surface area contributed by atoms with E-state index in [0.29, 0.717) is 5.25 Å². The van der Waals surface area contributed by atoms with Gasteiger partial charge in [0.05, 0.1) is 7.11 Å². The zero-order valence-electron chi connectivity index (χ0n) is 12.4. The molecule has 2 fully saturated rings. The van der Waals surface area contributed by atoms with Crippen molar-refractivity contribution in [2.75, 3.05) is 13.7 Å². The van der Waals surface area contributed by atoms with Gasteiger partial charge in [0.15, 0.2) is 5.17 Å². The molecule has 0 unspecified atom stereocenters. The lowest BCUT2D eigenvalue weighted by Gasteiger charge is -2.28. The predicted octanol–water partition coefficient (Wildman–Crippen LogP) is 3.45. The van der Waals surface area contributed by atoms with Gasteiger partial charge in [0.2, 0.25) is 5.91 Å². The average molecular weight is 304 g/mol.